The number of nitrogens with one attached hydrogen (secondary N) is 1. The topological polar surface area (TPSA) is 108 Å². The van der Waals surface area contributed by atoms with E-state index in [1.807, 2.05) is 23.6 Å². The highest BCUT2D eigenvalue weighted by Gasteiger charge is 2.30. The Morgan fingerprint density at radius 2 is 2.16 bits per heavy atom. The SMILES string of the molecule is COc1ccccc1NC(=O)Cc1noc(CSc2nnc(-c3cccs3)n2C2CC2)n1. The molecule has 0 spiro atoms. The van der Waals surface area contributed by atoms with Crippen LogP contribution in [0.3, 0.4) is 0 Å². The normalized spacial score (nSPS) is 13.3. The second-order valence-electron chi connectivity index (χ2n) is 7.20. The van der Waals surface area contributed by atoms with Crippen molar-refractivity contribution >= 4 is 34.7 Å². The standard InChI is InChI=1S/C21H20N6O3S2/c1-29-15-6-3-2-5-14(15)22-18(28)11-17-23-19(30-26-17)12-32-21-25-24-20(16-7-4-10-31-16)27(21)13-8-9-13/h2-7,10,13H,8-9,11-12H2,1H3,(H,22,28). The number of aromatic nitrogens is 5. The smallest absolute Gasteiger partial charge is 0.237 e. The molecule has 1 amide bonds. The minimum absolute atomic E-state index is 0.00694. The number of thiophene rings is 1. The first-order valence-corrected chi connectivity index (χ1v) is 11.9. The van der Waals surface area contributed by atoms with Crippen LogP contribution in [0.4, 0.5) is 5.69 Å². The average Bonchev–Trinajstić information content (AvgIpc) is 3.19. The summed E-state index contributed by atoms with van der Waals surface area (Å²) in [5, 5.41) is 18.4. The van der Waals surface area contributed by atoms with Gasteiger partial charge in [-0.1, -0.05) is 35.1 Å². The van der Waals surface area contributed by atoms with Gasteiger partial charge in [0, 0.05) is 6.04 Å². The molecule has 1 aliphatic carbocycles. The molecule has 0 unspecified atom stereocenters. The van der Waals surface area contributed by atoms with E-state index in [9.17, 15) is 4.79 Å². The lowest BCUT2D eigenvalue weighted by atomic mass is 10.2. The summed E-state index contributed by atoms with van der Waals surface area (Å²) in [6.07, 6.45) is 2.28. The molecule has 11 heteroatoms. The fraction of sp³-hybridized carbons (Fsp3) is 0.286. The first-order chi connectivity index (χ1) is 15.7. The number of hydrogen-bond acceptors (Lipinski definition) is 9. The Kier molecular flexibility index (Phi) is 5.91. The molecule has 1 aliphatic rings. The van der Waals surface area contributed by atoms with Crippen molar-refractivity contribution in [2.75, 3.05) is 12.4 Å². The van der Waals surface area contributed by atoms with Crippen molar-refractivity contribution in [3.8, 4) is 16.5 Å². The van der Waals surface area contributed by atoms with E-state index in [4.69, 9.17) is 9.26 Å². The maximum absolute atomic E-state index is 12.4. The van der Waals surface area contributed by atoms with Crippen LogP contribution in [-0.2, 0) is 17.0 Å². The molecule has 32 heavy (non-hydrogen) atoms. The number of para-hydroxylation sites is 2. The average molecular weight is 469 g/mol. The van der Waals surface area contributed by atoms with Crippen molar-refractivity contribution in [2.45, 2.75) is 36.2 Å². The van der Waals surface area contributed by atoms with Gasteiger partial charge in [0.05, 0.1) is 29.8 Å². The predicted molar refractivity (Wildman–Crippen MR) is 121 cm³/mol. The number of anilines is 1. The summed E-state index contributed by atoms with van der Waals surface area (Å²) in [4.78, 5) is 17.8. The number of methoxy groups -OCH3 is 1. The highest BCUT2D eigenvalue weighted by Crippen LogP contribution is 2.42. The molecule has 5 rings (SSSR count). The van der Waals surface area contributed by atoms with E-state index in [-0.39, 0.29) is 12.3 Å². The van der Waals surface area contributed by atoms with Crippen molar-refractivity contribution in [1.82, 2.24) is 24.9 Å². The van der Waals surface area contributed by atoms with Crippen LogP contribution in [0.25, 0.3) is 10.7 Å². The van der Waals surface area contributed by atoms with Gasteiger partial charge in [0.25, 0.3) is 0 Å². The molecule has 0 saturated heterocycles. The number of nitrogens with zero attached hydrogens (tertiary/aromatic N) is 5. The zero-order chi connectivity index (χ0) is 21.9. The maximum Gasteiger partial charge on any atom is 0.237 e. The van der Waals surface area contributed by atoms with E-state index in [2.05, 4.69) is 36.3 Å². The molecule has 1 aromatic carbocycles. The molecule has 164 valence electrons. The number of ether oxygens (including phenoxy) is 1. The summed E-state index contributed by atoms with van der Waals surface area (Å²) in [5.41, 5.74) is 0.597. The molecule has 1 saturated carbocycles. The summed E-state index contributed by atoms with van der Waals surface area (Å²) < 4.78 is 12.8. The molecule has 0 atom stereocenters. The third kappa shape index (κ3) is 4.53. The molecule has 0 aliphatic heterocycles. The van der Waals surface area contributed by atoms with E-state index >= 15 is 0 Å². The maximum atomic E-state index is 12.4. The fourth-order valence-corrected chi connectivity index (χ4v) is 4.79. The van der Waals surface area contributed by atoms with E-state index in [0.717, 1.165) is 28.7 Å². The van der Waals surface area contributed by atoms with Gasteiger partial charge in [-0.2, -0.15) is 4.98 Å². The molecule has 9 nitrogen and oxygen atoms in total. The Hall–Kier alpha value is -3.18. The van der Waals surface area contributed by atoms with Crippen LogP contribution in [0.15, 0.2) is 51.5 Å². The van der Waals surface area contributed by atoms with Gasteiger partial charge in [0.15, 0.2) is 16.8 Å². The van der Waals surface area contributed by atoms with Crippen molar-refractivity contribution in [3.63, 3.8) is 0 Å². The lowest BCUT2D eigenvalue weighted by Gasteiger charge is -2.08. The Labute approximate surface area is 192 Å². The third-order valence-electron chi connectivity index (χ3n) is 4.85. The van der Waals surface area contributed by atoms with E-state index in [1.54, 1.807) is 30.6 Å². The monoisotopic (exact) mass is 468 g/mol. The second-order valence-corrected chi connectivity index (χ2v) is 9.09. The number of benzene rings is 1. The highest BCUT2D eigenvalue weighted by atomic mass is 32.2. The number of carbonyl (C=O) groups excluding carboxylic acids is 1. The highest BCUT2D eigenvalue weighted by molar-refractivity contribution is 7.98. The van der Waals surface area contributed by atoms with Gasteiger partial charge in [-0.05, 0) is 36.4 Å². The summed E-state index contributed by atoms with van der Waals surface area (Å²) >= 11 is 3.16. The van der Waals surface area contributed by atoms with Crippen LogP contribution in [0, 0.1) is 0 Å². The van der Waals surface area contributed by atoms with Gasteiger partial charge in [-0.3, -0.25) is 9.36 Å². The molecule has 3 aromatic heterocycles. The fourth-order valence-electron chi connectivity index (χ4n) is 3.24. The van der Waals surface area contributed by atoms with Crippen molar-refractivity contribution in [1.29, 1.82) is 0 Å². The summed E-state index contributed by atoms with van der Waals surface area (Å²) in [5.74, 6) is 2.48. The number of carbonyl (C=O) groups is 1. The van der Waals surface area contributed by atoms with Gasteiger partial charge in [-0.15, -0.1) is 21.5 Å². The van der Waals surface area contributed by atoms with E-state index in [1.165, 1.54) is 11.8 Å². The largest absolute Gasteiger partial charge is 0.495 e. The van der Waals surface area contributed by atoms with E-state index in [0.29, 0.717) is 34.9 Å². The second kappa shape index (κ2) is 9.13. The minimum atomic E-state index is -0.247. The number of hydrogen-bond donors (Lipinski definition) is 1. The Bertz CT molecular complexity index is 1220. The molecule has 1 N–H and O–H groups in total. The van der Waals surface area contributed by atoms with Crippen LogP contribution in [0.2, 0.25) is 0 Å². The number of thioether (sulfide) groups is 1. The minimum Gasteiger partial charge on any atom is -0.495 e. The van der Waals surface area contributed by atoms with E-state index < -0.39 is 0 Å². The molecule has 1 fully saturated rings. The van der Waals surface area contributed by atoms with Crippen molar-refractivity contribution < 1.29 is 14.1 Å². The van der Waals surface area contributed by atoms with Gasteiger partial charge in [0.2, 0.25) is 11.8 Å². The van der Waals surface area contributed by atoms with Crippen LogP contribution >= 0.6 is 23.1 Å². The van der Waals surface area contributed by atoms with Crippen LogP contribution in [0.5, 0.6) is 5.75 Å². The predicted octanol–water partition coefficient (Wildman–Crippen LogP) is 4.21. The summed E-state index contributed by atoms with van der Waals surface area (Å²) in [7, 11) is 1.56. The molecular formula is C21H20N6O3S2. The zero-order valence-corrected chi connectivity index (χ0v) is 18.9. The summed E-state index contributed by atoms with van der Waals surface area (Å²) in [6.45, 7) is 0. The zero-order valence-electron chi connectivity index (χ0n) is 17.2. The van der Waals surface area contributed by atoms with Gasteiger partial charge in [-0.25, -0.2) is 0 Å². The lowest BCUT2D eigenvalue weighted by Crippen LogP contribution is -2.15. The van der Waals surface area contributed by atoms with Gasteiger partial charge in [0.1, 0.15) is 5.75 Å². The van der Waals surface area contributed by atoms with Gasteiger partial charge < -0.3 is 14.6 Å². The number of rotatable bonds is 9. The third-order valence-corrected chi connectivity index (χ3v) is 6.65. The van der Waals surface area contributed by atoms with Gasteiger partial charge >= 0.3 is 0 Å². The Balaban J connectivity index is 1.21. The molecular weight excluding hydrogens is 448 g/mol. The van der Waals surface area contributed by atoms with Crippen LogP contribution in [0.1, 0.15) is 30.6 Å². The molecule has 0 bridgehead atoms. The summed E-state index contributed by atoms with van der Waals surface area (Å²) in [6, 6.07) is 11.7. The lowest BCUT2D eigenvalue weighted by molar-refractivity contribution is -0.115. The first kappa shape index (κ1) is 20.7. The first-order valence-electron chi connectivity index (χ1n) is 10.1. The Morgan fingerprint density at radius 3 is 2.94 bits per heavy atom. The molecule has 0 radical (unpaired) electrons. The Morgan fingerprint density at radius 1 is 1.28 bits per heavy atom. The van der Waals surface area contributed by atoms with Crippen LogP contribution in [-0.4, -0.2) is 37.9 Å². The van der Waals surface area contributed by atoms with Crippen molar-refractivity contribution in [2.24, 2.45) is 0 Å². The number of amides is 1. The quantitative estimate of drug-likeness (QED) is 0.364. The molecule has 4 aromatic rings. The van der Waals surface area contributed by atoms with Crippen LogP contribution < -0.4 is 10.1 Å². The van der Waals surface area contributed by atoms with Crippen molar-refractivity contribution in [3.05, 3.63) is 53.5 Å². The molecule has 3 heterocycles.